The van der Waals surface area contributed by atoms with Crippen LogP contribution in [0, 0.1) is 3.57 Å². The van der Waals surface area contributed by atoms with E-state index in [9.17, 15) is 21.6 Å². The van der Waals surface area contributed by atoms with Crippen LogP contribution in [0.25, 0.3) is 0 Å². The van der Waals surface area contributed by atoms with Gasteiger partial charge in [-0.25, -0.2) is 16.8 Å². The minimum absolute atomic E-state index is 0.0930. The highest BCUT2D eigenvalue weighted by Crippen LogP contribution is 2.39. The van der Waals surface area contributed by atoms with Gasteiger partial charge in [0.15, 0.2) is 23.8 Å². The minimum atomic E-state index is -4.35. The van der Waals surface area contributed by atoms with Crippen LogP contribution in [0.5, 0.6) is 0 Å². The topological polar surface area (TPSA) is 94.6 Å². The van der Waals surface area contributed by atoms with Crippen molar-refractivity contribution < 1.29 is 26.4 Å². The third-order valence-electron chi connectivity index (χ3n) is 5.55. The Labute approximate surface area is 220 Å². The molecule has 0 aliphatic carbocycles. The lowest BCUT2D eigenvalue weighted by Gasteiger charge is -2.28. The molecule has 6 nitrogen and oxygen atoms in total. The fourth-order valence-corrected chi connectivity index (χ4v) is 8.64. The highest BCUT2D eigenvalue weighted by atomic mass is 127. The van der Waals surface area contributed by atoms with Crippen LogP contribution in [-0.4, -0.2) is 26.9 Å². The smallest absolute Gasteiger partial charge is 0.303 e. The molecule has 0 N–H and O–H groups in total. The van der Waals surface area contributed by atoms with Gasteiger partial charge in [-0.05, 0) is 72.3 Å². The van der Waals surface area contributed by atoms with Gasteiger partial charge in [0.2, 0.25) is 0 Å². The van der Waals surface area contributed by atoms with Gasteiger partial charge in [0.05, 0.1) is 9.79 Å². The lowest BCUT2D eigenvalue weighted by atomic mass is 10.1. The van der Waals surface area contributed by atoms with Crippen molar-refractivity contribution in [2.24, 2.45) is 0 Å². The van der Waals surface area contributed by atoms with E-state index in [2.05, 4.69) is 22.6 Å². The summed E-state index contributed by atoms with van der Waals surface area (Å²) in [7, 11) is -8.70. The zero-order chi connectivity index (χ0) is 25.7. The van der Waals surface area contributed by atoms with Crippen molar-refractivity contribution in [3.8, 4) is 0 Å². The molecule has 0 amide bonds. The summed E-state index contributed by atoms with van der Waals surface area (Å²) in [6.45, 7) is 2.50. The van der Waals surface area contributed by atoms with Gasteiger partial charge >= 0.3 is 5.97 Å². The van der Waals surface area contributed by atoms with Gasteiger partial charge < -0.3 is 4.74 Å². The Morgan fingerprint density at radius 2 is 1.31 bits per heavy atom. The van der Waals surface area contributed by atoms with Crippen LogP contribution in [0.3, 0.4) is 0 Å². The molecule has 0 aliphatic heterocycles. The van der Waals surface area contributed by atoms with E-state index in [1.54, 1.807) is 48.5 Å². The summed E-state index contributed by atoms with van der Waals surface area (Å²) in [5, 5.41) is 0. The van der Waals surface area contributed by atoms with Gasteiger partial charge in [-0.3, -0.25) is 4.79 Å². The number of esters is 1. The van der Waals surface area contributed by atoms with Crippen molar-refractivity contribution in [2.75, 3.05) is 0 Å². The molecule has 0 heterocycles. The zero-order valence-electron chi connectivity index (χ0n) is 19.2. The Kier molecular flexibility index (Phi) is 8.55. The summed E-state index contributed by atoms with van der Waals surface area (Å²) in [5.41, 5.74) is 0.707. The number of hydrogen-bond acceptors (Lipinski definition) is 6. The van der Waals surface area contributed by atoms with E-state index in [4.69, 9.17) is 4.74 Å². The third kappa shape index (κ3) is 5.68. The molecule has 184 valence electrons. The predicted octanol–water partition coefficient (Wildman–Crippen LogP) is 5.51. The summed E-state index contributed by atoms with van der Waals surface area (Å²) in [5.74, 6) is -0.518. The van der Waals surface area contributed by atoms with E-state index in [0.717, 1.165) is 3.57 Å². The number of carbonyl (C=O) groups excluding carboxylic acids is 1. The Morgan fingerprint density at radius 3 is 1.77 bits per heavy atom. The fourth-order valence-electron chi connectivity index (χ4n) is 3.56. The molecule has 1 unspecified atom stereocenters. The number of halogens is 1. The molecule has 3 aromatic carbocycles. The predicted molar refractivity (Wildman–Crippen MR) is 143 cm³/mol. The van der Waals surface area contributed by atoms with Gasteiger partial charge in [-0.2, -0.15) is 0 Å². The molecule has 0 fully saturated rings. The van der Waals surface area contributed by atoms with E-state index in [-0.39, 0.29) is 16.2 Å². The first kappa shape index (κ1) is 27.1. The molecule has 0 aromatic heterocycles. The number of benzene rings is 3. The number of sulfone groups is 2. The monoisotopic (exact) mass is 624 g/mol. The summed E-state index contributed by atoms with van der Waals surface area (Å²) in [6, 6.07) is 22.3. The number of hydrogen-bond donors (Lipinski definition) is 0. The van der Waals surface area contributed by atoms with Crippen LogP contribution in [0.15, 0.2) is 107 Å². The Morgan fingerprint density at radius 1 is 0.857 bits per heavy atom. The normalized spacial score (nSPS) is 13.5. The largest absolute Gasteiger partial charge is 0.453 e. The van der Waals surface area contributed by atoms with Crippen molar-refractivity contribution in [3.63, 3.8) is 0 Å². The van der Waals surface area contributed by atoms with Gasteiger partial charge in [-0.15, -0.1) is 0 Å². The Bertz CT molecular complexity index is 1350. The van der Waals surface area contributed by atoms with Crippen molar-refractivity contribution in [1.29, 1.82) is 0 Å². The average molecular weight is 625 g/mol. The number of ether oxygens (including phenoxy) is 1. The van der Waals surface area contributed by atoms with Crippen LogP contribution in [-0.2, 0) is 29.2 Å². The molecule has 0 radical (unpaired) electrons. The SMILES string of the molecule is CC(=O)OC(C=CCC(C)(S(=O)(=O)c1ccccc1)S(=O)(=O)c1ccccc1)c1ccccc1I. The second kappa shape index (κ2) is 11.0. The van der Waals surface area contributed by atoms with Crippen molar-refractivity contribution in [2.45, 2.75) is 40.2 Å². The standard InChI is InChI=1S/C26H25IO6S2/c1-20(28)33-25(23-16-9-10-17-24(23)27)18-11-19-26(2,34(29,30)21-12-5-3-6-13-21)35(31,32)22-14-7-4-8-15-22/h3-18,25H,19H2,1-2H3. The molecule has 0 bridgehead atoms. The Balaban J connectivity index is 2.10. The van der Waals surface area contributed by atoms with Crippen LogP contribution in [0.1, 0.15) is 31.9 Å². The third-order valence-corrected chi connectivity index (χ3v) is 12.2. The van der Waals surface area contributed by atoms with Gasteiger partial charge in [0.25, 0.3) is 0 Å². The van der Waals surface area contributed by atoms with E-state index in [1.807, 2.05) is 12.1 Å². The molecule has 0 spiro atoms. The quantitative estimate of drug-likeness (QED) is 0.177. The van der Waals surface area contributed by atoms with Crippen molar-refractivity contribution >= 4 is 48.2 Å². The van der Waals surface area contributed by atoms with Crippen LogP contribution < -0.4 is 0 Å². The highest BCUT2D eigenvalue weighted by Gasteiger charge is 2.51. The maximum atomic E-state index is 13.8. The maximum absolute atomic E-state index is 13.8. The Hall–Kier alpha value is -2.50. The number of rotatable bonds is 9. The highest BCUT2D eigenvalue weighted by molar-refractivity contribution is 14.1. The maximum Gasteiger partial charge on any atom is 0.303 e. The molecule has 3 rings (SSSR count). The first-order valence-corrected chi connectivity index (χ1v) is 14.7. The first-order valence-electron chi connectivity index (χ1n) is 10.7. The van der Waals surface area contributed by atoms with Gasteiger partial charge in [0, 0.05) is 16.1 Å². The number of carbonyl (C=O) groups is 1. The van der Waals surface area contributed by atoms with Gasteiger partial charge in [-0.1, -0.05) is 60.7 Å². The number of allylic oxidation sites excluding steroid dienone is 1. The molecule has 3 aromatic rings. The fraction of sp³-hybridized carbons (Fsp3) is 0.192. The second-order valence-electron chi connectivity index (χ2n) is 7.95. The zero-order valence-corrected chi connectivity index (χ0v) is 23.0. The molecule has 0 saturated carbocycles. The van der Waals surface area contributed by atoms with Crippen LogP contribution >= 0.6 is 22.6 Å². The average Bonchev–Trinajstić information content (AvgIpc) is 2.84. The molecule has 0 saturated heterocycles. The lowest BCUT2D eigenvalue weighted by molar-refractivity contribution is -0.144. The van der Waals surface area contributed by atoms with E-state index < -0.39 is 35.8 Å². The van der Waals surface area contributed by atoms with E-state index in [0.29, 0.717) is 5.56 Å². The summed E-state index contributed by atoms with van der Waals surface area (Å²) in [6.07, 6.45) is 1.82. The van der Waals surface area contributed by atoms with Crippen LogP contribution in [0.2, 0.25) is 0 Å². The summed E-state index contributed by atoms with van der Waals surface area (Å²) >= 11 is 2.11. The lowest BCUT2D eigenvalue weighted by Crippen LogP contribution is -2.43. The van der Waals surface area contributed by atoms with E-state index >= 15 is 0 Å². The van der Waals surface area contributed by atoms with E-state index in [1.165, 1.54) is 50.3 Å². The molecule has 0 aliphatic rings. The molecule has 1 atom stereocenters. The second-order valence-corrected chi connectivity index (χ2v) is 14.1. The van der Waals surface area contributed by atoms with Crippen molar-refractivity contribution in [1.82, 2.24) is 0 Å². The van der Waals surface area contributed by atoms with Gasteiger partial charge in [0.1, 0.15) is 6.10 Å². The minimum Gasteiger partial charge on any atom is -0.453 e. The summed E-state index contributed by atoms with van der Waals surface area (Å²) < 4.78 is 59.1. The van der Waals surface area contributed by atoms with Crippen molar-refractivity contribution in [3.05, 3.63) is 106 Å². The summed E-state index contributed by atoms with van der Waals surface area (Å²) in [4.78, 5) is 11.6. The molecule has 35 heavy (non-hydrogen) atoms. The van der Waals surface area contributed by atoms with Crippen LogP contribution in [0.4, 0.5) is 0 Å². The molecular weight excluding hydrogens is 599 g/mol. The first-order chi connectivity index (χ1) is 16.5. The molecule has 9 heteroatoms. The molecular formula is C26H25IO6S2.